The molecule has 1 N–H and O–H groups in total. The van der Waals surface area contributed by atoms with E-state index in [1.165, 1.54) is 0 Å². The number of nitrogens with zero attached hydrogens (tertiary/aromatic N) is 2. The Bertz CT molecular complexity index is 733. The Kier molecular flexibility index (Phi) is 3.85. The molecule has 0 saturated heterocycles. The number of sulfonamides is 1. The van der Waals surface area contributed by atoms with Crippen molar-refractivity contribution < 1.29 is 8.42 Å². The van der Waals surface area contributed by atoms with Gasteiger partial charge in [0.15, 0.2) is 0 Å². The molecule has 1 aromatic carbocycles. The maximum Gasteiger partial charge on any atom is 0.265 e. The largest absolute Gasteiger partial charge is 0.279 e. The summed E-state index contributed by atoms with van der Waals surface area (Å²) in [5.74, 6) is 0. The first-order chi connectivity index (χ1) is 9.36. The van der Waals surface area contributed by atoms with Crippen LogP contribution in [-0.2, 0) is 23.5 Å². The van der Waals surface area contributed by atoms with Crippen molar-refractivity contribution in [3.05, 3.63) is 41.2 Å². The van der Waals surface area contributed by atoms with Crippen LogP contribution in [0.4, 0.5) is 5.69 Å². The van der Waals surface area contributed by atoms with Gasteiger partial charge in [-0.1, -0.05) is 25.1 Å². The zero-order chi connectivity index (χ0) is 14.9. The second-order valence-electron chi connectivity index (χ2n) is 4.74. The lowest BCUT2D eigenvalue weighted by Gasteiger charge is -2.11. The number of hydrogen-bond acceptors (Lipinski definition) is 3. The minimum Gasteiger partial charge on any atom is -0.279 e. The van der Waals surface area contributed by atoms with Crippen molar-refractivity contribution in [3.63, 3.8) is 0 Å². The quantitative estimate of drug-likeness (QED) is 0.941. The topological polar surface area (TPSA) is 64.0 Å². The van der Waals surface area contributed by atoms with E-state index in [9.17, 15) is 8.42 Å². The molecule has 0 fully saturated rings. The summed E-state index contributed by atoms with van der Waals surface area (Å²) in [4.78, 5) is 0.255. The highest BCUT2D eigenvalue weighted by Crippen LogP contribution is 2.24. The molecule has 1 heterocycles. The lowest BCUT2D eigenvalue weighted by Crippen LogP contribution is -2.16. The van der Waals surface area contributed by atoms with E-state index in [1.807, 2.05) is 25.1 Å². The maximum atomic E-state index is 12.6. The van der Waals surface area contributed by atoms with Crippen LogP contribution in [-0.4, -0.2) is 18.2 Å². The van der Waals surface area contributed by atoms with E-state index in [-0.39, 0.29) is 4.90 Å². The third-order valence-electron chi connectivity index (χ3n) is 3.35. The molecule has 1 aromatic heterocycles. The van der Waals surface area contributed by atoms with Gasteiger partial charge in [0.2, 0.25) is 0 Å². The summed E-state index contributed by atoms with van der Waals surface area (Å²) >= 11 is 0. The molecular weight excluding hydrogens is 274 g/mol. The predicted octanol–water partition coefficient (Wildman–Crippen LogP) is 2.40. The highest BCUT2D eigenvalue weighted by molar-refractivity contribution is 7.92. The van der Waals surface area contributed by atoms with Gasteiger partial charge in [-0.2, -0.15) is 5.10 Å². The Morgan fingerprint density at radius 2 is 1.90 bits per heavy atom. The molecule has 0 bridgehead atoms. The van der Waals surface area contributed by atoms with E-state index >= 15 is 0 Å². The summed E-state index contributed by atoms with van der Waals surface area (Å²) in [5, 5.41) is 4.16. The molecule has 0 unspecified atom stereocenters. The number of aromatic nitrogens is 2. The molecule has 0 spiro atoms. The van der Waals surface area contributed by atoms with Gasteiger partial charge in [-0.15, -0.1) is 0 Å². The fourth-order valence-corrected chi connectivity index (χ4v) is 3.81. The van der Waals surface area contributed by atoms with Crippen molar-refractivity contribution in [2.24, 2.45) is 7.05 Å². The van der Waals surface area contributed by atoms with E-state index in [0.29, 0.717) is 17.1 Å². The third-order valence-corrected chi connectivity index (χ3v) is 4.97. The van der Waals surface area contributed by atoms with Gasteiger partial charge in [-0.25, -0.2) is 8.42 Å². The van der Waals surface area contributed by atoms with Gasteiger partial charge >= 0.3 is 0 Å². The molecule has 0 aliphatic rings. The number of anilines is 1. The first kappa shape index (κ1) is 14.6. The maximum absolute atomic E-state index is 12.6. The van der Waals surface area contributed by atoms with E-state index in [2.05, 4.69) is 9.82 Å². The summed E-state index contributed by atoms with van der Waals surface area (Å²) in [6.07, 6.45) is 0.768. The standard InChI is InChI=1S/C14H19N3O2S/c1-5-12-8-6-7-9-13(12)16-20(18,19)14-10(2)15-17(4)11(14)3/h6-9,16H,5H2,1-4H3. The van der Waals surface area contributed by atoms with Gasteiger partial charge < -0.3 is 0 Å². The van der Waals surface area contributed by atoms with Crippen molar-refractivity contribution in [2.75, 3.05) is 4.72 Å². The molecule has 0 saturated carbocycles. The second kappa shape index (κ2) is 5.28. The molecule has 5 nitrogen and oxygen atoms in total. The van der Waals surface area contributed by atoms with E-state index < -0.39 is 10.0 Å². The summed E-state index contributed by atoms with van der Waals surface area (Å²) in [7, 11) is -1.88. The van der Waals surface area contributed by atoms with E-state index in [0.717, 1.165) is 12.0 Å². The molecule has 2 rings (SSSR count). The summed E-state index contributed by atoms with van der Waals surface area (Å²) in [5.41, 5.74) is 2.73. The molecule has 0 aliphatic heterocycles. The highest BCUT2D eigenvalue weighted by atomic mass is 32.2. The van der Waals surface area contributed by atoms with Gasteiger partial charge in [0.05, 0.1) is 17.1 Å². The number of rotatable bonds is 4. The Labute approximate surface area is 119 Å². The van der Waals surface area contributed by atoms with Crippen LogP contribution in [0, 0.1) is 13.8 Å². The Balaban J connectivity index is 2.46. The molecule has 20 heavy (non-hydrogen) atoms. The van der Waals surface area contributed by atoms with Crippen LogP contribution in [0.5, 0.6) is 0 Å². The van der Waals surface area contributed by atoms with Crippen LogP contribution in [0.15, 0.2) is 29.2 Å². The fraction of sp³-hybridized carbons (Fsp3) is 0.357. The Morgan fingerprint density at radius 1 is 1.25 bits per heavy atom. The summed E-state index contributed by atoms with van der Waals surface area (Å²) < 4.78 is 29.4. The normalized spacial score (nSPS) is 11.6. The number of hydrogen-bond donors (Lipinski definition) is 1. The van der Waals surface area contributed by atoms with Gasteiger partial charge in [-0.05, 0) is 31.9 Å². The van der Waals surface area contributed by atoms with Crippen LogP contribution in [0.3, 0.4) is 0 Å². The molecule has 2 aromatic rings. The zero-order valence-electron chi connectivity index (χ0n) is 12.1. The van der Waals surface area contributed by atoms with Crippen LogP contribution in [0.2, 0.25) is 0 Å². The first-order valence-electron chi connectivity index (χ1n) is 6.47. The van der Waals surface area contributed by atoms with Crippen molar-refractivity contribution >= 4 is 15.7 Å². The number of para-hydroxylation sites is 1. The molecular formula is C14H19N3O2S. The van der Waals surface area contributed by atoms with Crippen molar-refractivity contribution in [1.29, 1.82) is 0 Å². The Hall–Kier alpha value is -1.82. The zero-order valence-corrected chi connectivity index (χ0v) is 13.0. The van der Waals surface area contributed by atoms with Crippen LogP contribution in [0.1, 0.15) is 23.9 Å². The van der Waals surface area contributed by atoms with Crippen LogP contribution < -0.4 is 4.72 Å². The summed E-state index contributed by atoms with van der Waals surface area (Å²) in [6.45, 7) is 5.45. The molecule has 0 aliphatic carbocycles. The predicted molar refractivity (Wildman–Crippen MR) is 79.3 cm³/mol. The number of aryl methyl sites for hydroxylation is 3. The molecule has 0 amide bonds. The minimum atomic E-state index is -3.62. The fourth-order valence-electron chi connectivity index (χ4n) is 2.27. The third kappa shape index (κ3) is 2.56. The first-order valence-corrected chi connectivity index (χ1v) is 7.96. The molecule has 6 heteroatoms. The number of benzene rings is 1. The van der Waals surface area contributed by atoms with Gasteiger partial charge in [0.25, 0.3) is 10.0 Å². The lowest BCUT2D eigenvalue weighted by atomic mass is 10.1. The number of nitrogens with one attached hydrogen (secondary N) is 1. The lowest BCUT2D eigenvalue weighted by molar-refractivity contribution is 0.599. The molecule has 0 atom stereocenters. The monoisotopic (exact) mass is 293 g/mol. The van der Waals surface area contributed by atoms with Gasteiger partial charge in [0, 0.05) is 7.05 Å². The Morgan fingerprint density at radius 3 is 2.45 bits per heavy atom. The van der Waals surface area contributed by atoms with E-state index in [4.69, 9.17) is 0 Å². The highest BCUT2D eigenvalue weighted by Gasteiger charge is 2.24. The average molecular weight is 293 g/mol. The van der Waals surface area contributed by atoms with Gasteiger partial charge in [0.1, 0.15) is 4.90 Å². The van der Waals surface area contributed by atoms with E-state index in [1.54, 1.807) is 31.6 Å². The molecule has 108 valence electrons. The minimum absolute atomic E-state index is 0.255. The SMILES string of the molecule is CCc1ccccc1NS(=O)(=O)c1c(C)nn(C)c1C. The summed E-state index contributed by atoms with van der Waals surface area (Å²) in [6, 6.07) is 7.41. The second-order valence-corrected chi connectivity index (χ2v) is 6.36. The molecule has 0 radical (unpaired) electrons. The smallest absolute Gasteiger partial charge is 0.265 e. The van der Waals surface area contributed by atoms with Crippen molar-refractivity contribution in [1.82, 2.24) is 9.78 Å². The van der Waals surface area contributed by atoms with Gasteiger partial charge in [-0.3, -0.25) is 9.40 Å². The average Bonchev–Trinajstić information content (AvgIpc) is 2.63. The van der Waals surface area contributed by atoms with Crippen molar-refractivity contribution in [3.8, 4) is 0 Å². The van der Waals surface area contributed by atoms with Crippen LogP contribution in [0.25, 0.3) is 0 Å². The van der Waals surface area contributed by atoms with Crippen molar-refractivity contribution in [2.45, 2.75) is 32.1 Å². The van der Waals surface area contributed by atoms with Crippen LogP contribution >= 0.6 is 0 Å².